The SMILES string of the molecule is C1CCC2C3NC(NC4NC(NC5NC(NC6NC(N3)C3CCCCC63)C3CCCCC53)C3CCCCC43)C2C1.[Au]. The third-order valence-electron chi connectivity index (χ3n) is 13.8. The average Bonchev–Trinajstić information content (AvgIpc) is 3.73. The fraction of sp³-hybridized carbons (Fsp3) is 1.00. The van der Waals surface area contributed by atoms with Crippen LogP contribution in [0, 0.1) is 47.3 Å². The van der Waals surface area contributed by atoms with Crippen LogP contribution in [0.5, 0.6) is 0 Å². The van der Waals surface area contributed by atoms with Gasteiger partial charge in [-0.2, -0.15) is 0 Å². The van der Waals surface area contributed by atoms with E-state index >= 15 is 0 Å². The maximum Gasteiger partial charge on any atom is 0.0628 e. The van der Waals surface area contributed by atoms with Crippen molar-refractivity contribution in [2.75, 3.05) is 0 Å². The minimum absolute atomic E-state index is 0. The van der Waals surface area contributed by atoms with Crippen LogP contribution in [0.2, 0.25) is 0 Å². The molecule has 8 bridgehead atoms. The third-order valence-corrected chi connectivity index (χ3v) is 13.8. The van der Waals surface area contributed by atoms with Crippen molar-refractivity contribution in [2.45, 2.75) is 152 Å². The molecule has 0 aromatic rings. The number of rotatable bonds is 0. The van der Waals surface area contributed by atoms with Crippen molar-refractivity contribution in [3.8, 4) is 0 Å². The van der Waals surface area contributed by atoms with Gasteiger partial charge in [0, 0.05) is 22.4 Å². The Kier molecular flexibility index (Phi) is 8.43. The summed E-state index contributed by atoms with van der Waals surface area (Å²) in [5, 5.41) is 33.8. The minimum Gasteiger partial charge on any atom is -0.286 e. The zero-order chi connectivity index (χ0) is 26.2. The summed E-state index contributed by atoms with van der Waals surface area (Å²) in [5.74, 6) is 5.97. The van der Waals surface area contributed by atoms with Crippen LogP contribution in [0.1, 0.15) is 103 Å². The molecule has 5 saturated heterocycles. The van der Waals surface area contributed by atoms with Gasteiger partial charge in [0.15, 0.2) is 0 Å². The van der Waals surface area contributed by atoms with Gasteiger partial charge in [-0.05, 0) is 98.7 Å². The molecule has 9 heteroatoms. The summed E-state index contributed by atoms with van der Waals surface area (Å²) in [4.78, 5) is 0. The van der Waals surface area contributed by atoms with Gasteiger partial charge in [-0.1, -0.05) is 51.4 Å². The van der Waals surface area contributed by atoms with Gasteiger partial charge in [0.1, 0.15) is 0 Å². The first-order valence-electron chi connectivity index (χ1n) is 17.9. The van der Waals surface area contributed by atoms with Crippen LogP contribution in [0.3, 0.4) is 0 Å². The third kappa shape index (κ3) is 5.08. The summed E-state index contributed by atoms with van der Waals surface area (Å²) in [6.07, 6.45) is 25.6. The normalized spacial score (nSPS) is 56.2. The number of hydrogen-bond acceptors (Lipinski definition) is 8. The predicted octanol–water partition coefficient (Wildman–Crippen LogP) is 2.60. The maximum atomic E-state index is 4.26. The molecule has 0 spiro atoms. The van der Waals surface area contributed by atoms with Crippen LogP contribution >= 0.6 is 0 Å². The predicted molar refractivity (Wildman–Crippen MR) is 157 cm³/mol. The molecule has 5 aliphatic heterocycles. The van der Waals surface area contributed by atoms with Crippen molar-refractivity contribution in [3.05, 3.63) is 0 Å². The van der Waals surface area contributed by atoms with Crippen molar-refractivity contribution in [1.82, 2.24) is 42.5 Å². The number of hydrogen-bond donors (Lipinski definition) is 8. The standard InChI is InChI=1S/C32H56N8.Au/c1-2-10-18-17(9-1)25-33-26(18)38-28-21-13-5-6-14-22(21)30(35-28)40-32-24-16-8-7-15-23(24)31(36-32)39-29-20-12-4-3-11-19(20)27(34-29)37-25;/h17-40H,1-16H2;. The molecule has 4 saturated carbocycles. The van der Waals surface area contributed by atoms with E-state index in [2.05, 4.69) is 42.5 Å². The molecule has 9 rings (SSSR count). The Labute approximate surface area is 263 Å². The summed E-state index contributed by atoms with van der Waals surface area (Å²) in [5.41, 5.74) is 0. The number of nitrogens with one attached hydrogen (secondary N) is 8. The van der Waals surface area contributed by atoms with E-state index in [1.54, 1.807) is 0 Å². The van der Waals surface area contributed by atoms with Gasteiger partial charge in [0.25, 0.3) is 0 Å². The first-order valence-corrected chi connectivity index (χ1v) is 17.9. The van der Waals surface area contributed by atoms with Crippen LogP contribution in [-0.4, -0.2) is 49.3 Å². The summed E-state index contributed by atoms with van der Waals surface area (Å²) in [6.45, 7) is 0. The van der Waals surface area contributed by atoms with Crippen LogP contribution in [-0.2, 0) is 22.4 Å². The van der Waals surface area contributed by atoms with Gasteiger partial charge < -0.3 is 0 Å². The molecule has 1 radical (unpaired) electrons. The van der Waals surface area contributed by atoms with E-state index in [4.69, 9.17) is 0 Å². The van der Waals surface area contributed by atoms with Crippen molar-refractivity contribution in [1.29, 1.82) is 0 Å². The quantitative estimate of drug-likeness (QED) is 0.180. The van der Waals surface area contributed by atoms with Gasteiger partial charge in [0.05, 0.1) is 49.3 Å². The summed E-state index contributed by atoms with van der Waals surface area (Å²) < 4.78 is 0. The molecule has 0 aromatic carbocycles. The minimum atomic E-state index is 0. The fourth-order valence-corrected chi connectivity index (χ4v) is 12.0. The van der Waals surface area contributed by atoms with E-state index < -0.39 is 0 Å². The average molecular weight is 750 g/mol. The monoisotopic (exact) mass is 749 g/mol. The Morgan fingerprint density at radius 3 is 0.463 bits per heavy atom. The first kappa shape index (κ1) is 28.9. The molecule has 235 valence electrons. The first-order chi connectivity index (χ1) is 19.8. The zero-order valence-electron chi connectivity index (χ0n) is 24.9. The van der Waals surface area contributed by atoms with Crippen LogP contribution in [0.15, 0.2) is 0 Å². The van der Waals surface area contributed by atoms with E-state index in [1.165, 1.54) is 103 Å². The Balaban J connectivity index is 0.00000256. The van der Waals surface area contributed by atoms with Crippen molar-refractivity contribution >= 4 is 0 Å². The molecule has 0 amide bonds. The molecule has 5 heterocycles. The number of fused-ring (bicyclic) bond motifs is 20. The topological polar surface area (TPSA) is 96.2 Å². The Hall–Kier alpha value is 0.420. The van der Waals surface area contributed by atoms with Gasteiger partial charge in [0.2, 0.25) is 0 Å². The summed E-state index contributed by atoms with van der Waals surface area (Å²) in [6, 6.07) is 0. The van der Waals surface area contributed by atoms with Gasteiger partial charge >= 0.3 is 0 Å². The molecule has 4 aliphatic carbocycles. The van der Waals surface area contributed by atoms with Crippen LogP contribution < -0.4 is 42.5 Å². The largest absolute Gasteiger partial charge is 0.286 e. The molecular weight excluding hydrogens is 693 g/mol. The smallest absolute Gasteiger partial charge is 0.0628 e. The Morgan fingerprint density at radius 2 is 0.341 bits per heavy atom. The second kappa shape index (κ2) is 12.0. The molecule has 9 aliphatic rings. The van der Waals surface area contributed by atoms with Crippen LogP contribution in [0.4, 0.5) is 0 Å². The van der Waals surface area contributed by atoms with Gasteiger partial charge in [-0.3, -0.25) is 42.5 Å². The summed E-state index contributed by atoms with van der Waals surface area (Å²) >= 11 is 0. The summed E-state index contributed by atoms with van der Waals surface area (Å²) in [7, 11) is 0. The molecule has 8 atom stereocenters. The Bertz CT molecular complexity index is 716. The molecular formula is C32H56AuN8. The van der Waals surface area contributed by atoms with Gasteiger partial charge in [-0.15, -0.1) is 0 Å². The maximum absolute atomic E-state index is 4.26. The van der Waals surface area contributed by atoms with Crippen LogP contribution in [0.25, 0.3) is 0 Å². The van der Waals surface area contributed by atoms with Crippen molar-refractivity contribution in [2.24, 2.45) is 47.3 Å². The Morgan fingerprint density at radius 1 is 0.220 bits per heavy atom. The second-order valence-electron chi connectivity index (χ2n) is 15.6. The van der Waals surface area contributed by atoms with E-state index in [1.807, 2.05) is 0 Å². The van der Waals surface area contributed by atoms with E-state index in [9.17, 15) is 0 Å². The second-order valence-corrected chi connectivity index (χ2v) is 15.6. The fourth-order valence-electron chi connectivity index (χ4n) is 12.0. The van der Waals surface area contributed by atoms with E-state index in [0.29, 0.717) is 49.3 Å². The zero-order valence-corrected chi connectivity index (χ0v) is 27.0. The molecule has 8 N–H and O–H groups in total. The molecule has 8 nitrogen and oxygen atoms in total. The van der Waals surface area contributed by atoms with Crippen molar-refractivity contribution < 1.29 is 22.4 Å². The van der Waals surface area contributed by atoms with E-state index in [-0.39, 0.29) is 22.4 Å². The molecule has 0 aromatic heterocycles. The molecule has 9 fully saturated rings. The van der Waals surface area contributed by atoms with Gasteiger partial charge in [-0.25, -0.2) is 0 Å². The van der Waals surface area contributed by atoms with Crippen molar-refractivity contribution in [3.63, 3.8) is 0 Å². The molecule has 8 unspecified atom stereocenters. The molecule has 41 heavy (non-hydrogen) atoms. The van der Waals surface area contributed by atoms with E-state index in [0.717, 1.165) is 47.3 Å².